The van der Waals surface area contributed by atoms with E-state index >= 15 is 0 Å². The summed E-state index contributed by atoms with van der Waals surface area (Å²) >= 11 is 0. The van der Waals surface area contributed by atoms with Gasteiger partial charge in [-0.15, -0.1) is 0 Å². The molecule has 0 aliphatic heterocycles. The van der Waals surface area contributed by atoms with Crippen molar-refractivity contribution in [3.63, 3.8) is 0 Å². The largest absolute Gasteiger partial charge is 0.373 e. The summed E-state index contributed by atoms with van der Waals surface area (Å²) in [6, 6.07) is 4.79. The van der Waals surface area contributed by atoms with Crippen LogP contribution in [0, 0.1) is 0 Å². The van der Waals surface area contributed by atoms with E-state index in [0.717, 1.165) is 12.4 Å². The summed E-state index contributed by atoms with van der Waals surface area (Å²) in [4.78, 5) is 6.72. The molecule has 3 heteroatoms. The van der Waals surface area contributed by atoms with E-state index in [4.69, 9.17) is 0 Å². The van der Waals surface area contributed by atoms with Gasteiger partial charge in [-0.3, -0.25) is 4.90 Å². The van der Waals surface area contributed by atoms with Gasteiger partial charge in [0.25, 0.3) is 0 Å². The average Bonchev–Trinajstić information content (AvgIpc) is 2.31. The molecule has 0 bridgehead atoms. The van der Waals surface area contributed by atoms with Crippen molar-refractivity contribution in [3.05, 3.63) is 23.9 Å². The van der Waals surface area contributed by atoms with Crippen LogP contribution in [0.5, 0.6) is 0 Å². The fourth-order valence-electron chi connectivity index (χ4n) is 2.10. The summed E-state index contributed by atoms with van der Waals surface area (Å²) in [6.07, 6.45) is 4.22. The van der Waals surface area contributed by atoms with Crippen LogP contribution in [-0.4, -0.2) is 30.0 Å². The van der Waals surface area contributed by atoms with Crippen molar-refractivity contribution in [2.45, 2.75) is 39.3 Å². The fourth-order valence-corrected chi connectivity index (χ4v) is 2.10. The van der Waals surface area contributed by atoms with Gasteiger partial charge in [-0.25, -0.2) is 4.98 Å². The molecule has 1 heterocycles. The molecular formula is C13H23N3. The minimum absolute atomic E-state index is 0.657. The Hall–Kier alpha value is -1.09. The van der Waals surface area contributed by atoms with Gasteiger partial charge in [-0.05, 0) is 26.0 Å². The van der Waals surface area contributed by atoms with Gasteiger partial charge in [0.1, 0.15) is 5.82 Å². The van der Waals surface area contributed by atoms with Crippen LogP contribution in [0.15, 0.2) is 18.3 Å². The quantitative estimate of drug-likeness (QED) is 0.800. The molecule has 1 aromatic rings. The highest BCUT2D eigenvalue weighted by Gasteiger charge is 2.12. The zero-order valence-electron chi connectivity index (χ0n) is 10.8. The molecule has 0 fully saturated rings. The smallest absolute Gasteiger partial charge is 0.130 e. The summed E-state index contributed by atoms with van der Waals surface area (Å²) in [5.41, 5.74) is 1.26. The molecule has 0 saturated carbocycles. The predicted octanol–water partition coefficient (Wildman–Crippen LogP) is 2.74. The Morgan fingerprint density at radius 3 is 2.62 bits per heavy atom. The lowest BCUT2D eigenvalue weighted by atomic mass is 10.1. The van der Waals surface area contributed by atoms with E-state index in [9.17, 15) is 0 Å². The topological polar surface area (TPSA) is 28.2 Å². The van der Waals surface area contributed by atoms with Crippen LogP contribution >= 0.6 is 0 Å². The van der Waals surface area contributed by atoms with E-state index in [1.165, 1.54) is 18.4 Å². The van der Waals surface area contributed by atoms with Crippen molar-refractivity contribution in [3.8, 4) is 0 Å². The number of rotatable bonds is 6. The number of aromatic nitrogens is 1. The minimum atomic E-state index is 0.657. The molecule has 0 spiro atoms. The Kier molecular flexibility index (Phi) is 5.26. The van der Waals surface area contributed by atoms with Crippen LogP contribution in [-0.2, 0) is 6.54 Å². The molecule has 0 aliphatic carbocycles. The molecule has 3 nitrogen and oxygen atoms in total. The van der Waals surface area contributed by atoms with Crippen LogP contribution in [0.1, 0.15) is 32.3 Å². The van der Waals surface area contributed by atoms with Crippen molar-refractivity contribution in [1.29, 1.82) is 0 Å². The molecular weight excluding hydrogens is 198 g/mol. The first-order valence-corrected chi connectivity index (χ1v) is 6.04. The summed E-state index contributed by atoms with van der Waals surface area (Å²) in [6.45, 7) is 5.44. The van der Waals surface area contributed by atoms with Gasteiger partial charge in [-0.2, -0.15) is 0 Å². The molecule has 0 aromatic carbocycles. The molecule has 0 unspecified atom stereocenters. The number of pyridine rings is 1. The highest BCUT2D eigenvalue weighted by Crippen LogP contribution is 2.16. The predicted molar refractivity (Wildman–Crippen MR) is 69.6 cm³/mol. The second kappa shape index (κ2) is 6.48. The van der Waals surface area contributed by atoms with Crippen molar-refractivity contribution < 1.29 is 0 Å². The van der Waals surface area contributed by atoms with Gasteiger partial charge < -0.3 is 5.32 Å². The fraction of sp³-hybridized carbons (Fsp3) is 0.615. The van der Waals surface area contributed by atoms with E-state index < -0.39 is 0 Å². The zero-order chi connectivity index (χ0) is 12.0. The van der Waals surface area contributed by atoms with Crippen molar-refractivity contribution in [2.24, 2.45) is 0 Å². The van der Waals surface area contributed by atoms with E-state index in [0.29, 0.717) is 6.04 Å². The lowest BCUT2D eigenvalue weighted by Gasteiger charge is -2.26. The van der Waals surface area contributed by atoms with Crippen molar-refractivity contribution in [2.75, 3.05) is 19.4 Å². The van der Waals surface area contributed by atoms with Crippen LogP contribution < -0.4 is 5.32 Å². The second-order valence-corrected chi connectivity index (χ2v) is 4.15. The SMILES string of the molecule is CCC(CC)N(C)Cc1cccnc1NC. The number of hydrogen-bond acceptors (Lipinski definition) is 3. The number of nitrogens with zero attached hydrogens (tertiary/aromatic N) is 2. The summed E-state index contributed by atoms with van der Waals surface area (Å²) < 4.78 is 0. The standard InChI is InChI=1S/C13H23N3/c1-5-12(6-2)16(4)10-11-8-7-9-15-13(11)14-3/h7-9,12H,5-6,10H2,1-4H3,(H,14,15). The molecule has 1 N–H and O–H groups in total. The van der Waals surface area contributed by atoms with E-state index in [1.807, 2.05) is 19.3 Å². The summed E-state index contributed by atoms with van der Waals surface area (Å²) in [7, 11) is 4.10. The maximum atomic E-state index is 4.32. The van der Waals surface area contributed by atoms with Gasteiger partial charge in [-0.1, -0.05) is 19.9 Å². The van der Waals surface area contributed by atoms with Gasteiger partial charge >= 0.3 is 0 Å². The van der Waals surface area contributed by atoms with Crippen LogP contribution in [0.3, 0.4) is 0 Å². The molecule has 0 amide bonds. The third kappa shape index (κ3) is 3.20. The molecule has 0 atom stereocenters. The summed E-state index contributed by atoms with van der Waals surface area (Å²) in [5, 5.41) is 3.14. The highest BCUT2D eigenvalue weighted by molar-refractivity contribution is 5.42. The van der Waals surface area contributed by atoms with E-state index in [2.05, 4.69) is 42.2 Å². The van der Waals surface area contributed by atoms with Crippen molar-refractivity contribution in [1.82, 2.24) is 9.88 Å². The first-order valence-electron chi connectivity index (χ1n) is 6.04. The maximum absolute atomic E-state index is 4.32. The molecule has 90 valence electrons. The van der Waals surface area contributed by atoms with E-state index in [-0.39, 0.29) is 0 Å². The number of nitrogens with one attached hydrogen (secondary N) is 1. The van der Waals surface area contributed by atoms with Gasteiger partial charge in [0.05, 0.1) is 0 Å². The zero-order valence-corrected chi connectivity index (χ0v) is 10.8. The lowest BCUT2D eigenvalue weighted by molar-refractivity contribution is 0.222. The normalized spacial score (nSPS) is 11.1. The molecule has 1 rings (SSSR count). The maximum Gasteiger partial charge on any atom is 0.130 e. The first kappa shape index (κ1) is 13.0. The second-order valence-electron chi connectivity index (χ2n) is 4.15. The number of anilines is 1. The molecule has 0 aliphatic rings. The Labute approximate surface area is 98.9 Å². The molecule has 1 aromatic heterocycles. The van der Waals surface area contributed by atoms with Gasteiger partial charge in [0.2, 0.25) is 0 Å². The van der Waals surface area contributed by atoms with E-state index in [1.54, 1.807) is 0 Å². The monoisotopic (exact) mass is 221 g/mol. The Balaban J connectivity index is 2.71. The van der Waals surface area contributed by atoms with Gasteiger partial charge in [0, 0.05) is 31.4 Å². The molecule has 0 saturated heterocycles. The molecule has 0 radical (unpaired) electrons. The Bertz CT molecular complexity index is 308. The van der Waals surface area contributed by atoms with Crippen LogP contribution in [0.2, 0.25) is 0 Å². The Morgan fingerprint density at radius 2 is 2.06 bits per heavy atom. The minimum Gasteiger partial charge on any atom is -0.373 e. The van der Waals surface area contributed by atoms with Crippen molar-refractivity contribution >= 4 is 5.82 Å². The highest BCUT2D eigenvalue weighted by atomic mass is 15.1. The average molecular weight is 221 g/mol. The number of hydrogen-bond donors (Lipinski definition) is 1. The first-order chi connectivity index (χ1) is 7.72. The third-order valence-corrected chi connectivity index (χ3v) is 3.11. The van der Waals surface area contributed by atoms with Crippen LogP contribution in [0.25, 0.3) is 0 Å². The van der Waals surface area contributed by atoms with Crippen LogP contribution in [0.4, 0.5) is 5.82 Å². The molecule has 16 heavy (non-hydrogen) atoms. The summed E-state index contributed by atoms with van der Waals surface area (Å²) in [5.74, 6) is 0.986. The Morgan fingerprint density at radius 1 is 1.38 bits per heavy atom. The lowest BCUT2D eigenvalue weighted by Crippen LogP contribution is -2.30. The van der Waals surface area contributed by atoms with Gasteiger partial charge in [0.15, 0.2) is 0 Å². The third-order valence-electron chi connectivity index (χ3n) is 3.11.